The first-order valence-electron chi connectivity index (χ1n) is 9.19. The molecule has 1 aliphatic rings. The molecule has 9 heteroatoms. The van der Waals surface area contributed by atoms with Crippen LogP contribution in [0.25, 0.3) is 17.1 Å². The first-order chi connectivity index (χ1) is 14.0. The number of nitrogens with one attached hydrogen (secondary N) is 1. The van der Waals surface area contributed by atoms with E-state index in [9.17, 15) is 9.59 Å². The topological polar surface area (TPSA) is 93.0 Å². The highest BCUT2D eigenvalue weighted by atomic mass is 32.2. The number of benzene rings is 1. The third-order valence-corrected chi connectivity index (χ3v) is 5.72. The standard InChI is InChI=1S/C20H20N6O2S/c1-13-3-4-16(11-14(13)2)26-18(15-5-7-21-8-6-15)23-24-20(26)29-12-17(27)25-10-9-22-19(25)28/h3-8,11H,9-10,12H2,1-2H3,(H,22,28). The summed E-state index contributed by atoms with van der Waals surface area (Å²) in [6.07, 6.45) is 3.41. The van der Waals surface area contributed by atoms with Gasteiger partial charge in [0.05, 0.1) is 11.4 Å². The Balaban J connectivity index is 1.68. The number of nitrogens with zero attached hydrogens (tertiary/aromatic N) is 5. The lowest BCUT2D eigenvalue weighted by molar-refractivity contribution is -0.124. The second-order valence-electron chi connectivity index (χ2n) is 6.71. The summed E-state index contributed by atoms with van der Waals surface area (Å²) in [5.74, 6) is 0.529. The van der Waals surface area contributed by atoms with E-state index >= 15 is 0 Å². The highest BCUT2D eigenvalue weighted by Gasteiger charge is 2.27. The molecule has 0 radical (unpaired) electrons. The summed E-state index contributed by atoms with van der Waals surface area (Å²) >= 11 is 1.27. The van der Waals surface area contributed by atoms with Crippen LogP contribution in [0.1, 0.15) is 11.1 Å². The summed E-state index contributed by atoms with van der Waals surface area (Å²) < 4.78 is 1.93. The van der Waals surface area contributed by atoms with Crippen LogP contribution in [0.15, 0.2) is 47.9 Å². The van der Waals surface area contributed by atoms with Crippen LogP contribution in [0.4, 0.5) is 4.79 Å². The second kappa shape index (κ2) is 8.04. The largest absolute Gasteiger partial charge is 0.336 e. The van der Waals surface area contributed by atoms with Crippen LogP contribution >= 0.6 is 11.8 Å². The van der Waals surface area contributed by atoms with Crippen molar-refractivity contribution in [2.24, 2.45) is 0 Å². The molecule has 1 fully saturated rings. The summed E-state index contributed by atoms with van der Waals surface area (Å²) in [4.78, 5) is 29.4. The lowest BCUT2D eigenvalue weighted by atomic mass is 10.1. The van der Waals surface area contributed by atoms with Crippen molar-refractivity contribution in [3.63, 3.8) is 0 Å². The lowest BCUT2D eigenvalue weighted by Crippen LogP contribution is -2.35. The van der Waals surface area contributed by atoms with Gasteiger partial charge in [0.25, 0.3) is 0 Å². The Kier molecular flexibility index (Phi) is 5.30. The molecule has 1 aliphatic heterocycles. The molecular formula is C20H20N6O2S. The molecule has 4 rings (SSSR count). The van der Waals surface area contributed by atoms with Gasteiger partial charge in [-0.3, -0.25) is 19.2 Å². The van der Waals surface area contributed by atoms with Gasteiger partial charge in [-0.05, 0) is 49.2 Å². The molecule has 148 valence electrons. The molecule has 1 saturated heterocycles. The van der Waals surface area contributed by atoms with E-state index in [0.29, 0.717) is 24.1 Å². The number of thioether (sulfide) groups is 1. The molecule has 8 nitrogen and oxygen atoms in total. The maximum absolute atomic E-state index is 12.4. The van der Waals surface area contributed by atoms with Crippen molar-refractivity contribution < 1.29 is 9.59 Å². The maximum atomic E-state index is 12.4. The van der Waals surface area contributed by atoms with E-state index in [1.165, 1.54) is 22.2 Å². The molecule has 3 aromatic rings. The number of carbonyl (C=O) groups excluding carboxylic acids is 2. The molecule has 1 N–H and O–H groups in total. The van der Waals surface area contributed by atoms with Crippen LogP contribution < -0.4 is 5.32 Å². The fraction of sp³-hybridized carbons (Fsp3) is 0.250. The molecule has 2 aromatic heterocycles. The summed E-state index contributed by atoms with van der Waals surface area (Å²) in [5, 5.41) is 11.9. The zero-order valence-electron chi connectivity index (χ0n) is 16.1. The highest BCUT2D eigenvalue weighted by molar-refractivity contribution is 7.99. The van der Waals surface area contributed by atoms with Crippen LogP contribution in [0.5, 0.6) is 0 Å². The molecule has 0 atom stereocenters. The molecule has 0 spiro atoms. The van der Waals surface area contributed by atoms with Crippen molar-refractivity contribution in [2.75, 3.05) is 18.8 Å². The van der Waals surface area contributed by atoms with Crippen LogP contribution in [0.3, 0.4) is 0 Å². The number of hydrogen-bond acceptors (Lipinski definition) is 6. The van der Waals surface area contributed by atoms with Gasteiger partial charge in [0, 0.05) is 31.0 Å². The number of pyridine rings is 1. The van der Waals surface area contributed by atoms with Crippen LogP contribution in [0, 0.1) is 13.8 Å². The summed E-state index contributed by atoms with van der Waals surface area (Å²) in [7, 11) is 0. The van der Waals surface area contributed by atoms with Gasteiger partial charge in [-0.15, -0.1) is 10.2 Å². The average molecular weight is 408 g/mol. The van der Waals surface area contributed by atoms with Gasteiger partial charge in [-0.25, -0.2) is 4.79 Å². The molecule has 3 amide bonds. The van der Waals surface area contributed by atoms with Gasteiger partial charge < -0.3 is 5.32 Å². The van der Waals surface area contributed by atoms with E-state index in [-0.39, 0.29) is 17.7 Å². The van der Waals surface area contributed by atoms with E-state index in [1.54, 1.807) is 12.4 Å². The minimum Gasteiger partial charge on any atom is -0.336 e. The highest BCUT2D eigenvalue weighted by Crippen LogP contribution is 2.29. The average Bonchev–Trinajstić information content (AvgIpc) is 3.35. The normalized spacial score (nSPS) is 13.6. The monoisotopic (exact) mass is 408 g/mol. The Morgan fingerprint density at radius 1 is 1.14 bits per heavy atom. The molecule has 1 aromatic carbocycles. The third-order valence-electron chi connectivity index (χ3n) is 4.80. The van der Waals surface area contributed by atoms with Crippen molar-refractivity contribution in [1.82, 2.24) is 30.0 Å². The zero-order chi connectivity index (χ0) is 20.4. The Morgan fingerprint density at radius 2 is 1.93 bits per heavy atom. The fourth-order valence-electron chi connectivity index (χ4n) is 3.06. The first kappa shape index (κ1) is 19.1. The minimum absolute atomic E-state index is 0.104. The van der Waals surface area contributed by atoms with Gasteiger partial charge in [0.1, 0.15) is 0 Å². The quantitative estimate of drug-likeness (QED) is 0.653. The molecule has 0 unspecified atom stereocenters. The maximum Gasteiger partial charge on any atom is 0.324 e. The minimum atomic E-state index is -0.344. The number of aryl methyl sites for hydroxylation is 2. The summed E-state index contributed by atoms with van der Waals surface area (Å²) in [6, 6.07) is 9.53. The lowest BCUT2D eigenvalue weighted by Gasteiger charge is -2.14. The summed E-state index contributed by atoms with van der Waals surface area (Å²) in [6.45, 7) is 4.99. The van der Waals surface area contributed by atoms with Gasteiger partial charge in [0.15, 0.2) is 11.0 Å². The molecule has 0 aliphatic carbocycles. The number of imide groups is 1. The van der Waals surface area contributed by atoms with Crippen molar-refractivity contribution in [1.29, 1.82) is 0 Å². The number of hydrogen-bond donors (Lipinski definition) is 1. The predicted octanol–water partition coefficient (Wildman–Crippen LogP) is 2.59. The zero-order valence-corrected chi connectivity index (χ0v) is 16.9. The predicted molar refractivity (Wildman–Crippen MR) is 110 cm³/mol. The fourth-order valence-corrected chi connectivity index (χ4v) is 3.89. The molecule has 3 heterocycles. The molecular weight excluding hydrogens is 388 g/mol. The van der Waals surface area contributed by atoms with E-state index < -0.39 is 0 Å². The van der Waals surface area contributed by atoms with Crippen LogP contribution in [-0.2, 0) is 4.79 Å². The number of amides is 3. The van der Waals surface area contributed by atoms with E-state index in [0.717, 1.165) is 16.8 Å². The summed E-state index contributed by atoms with van der Waals surface area (Å²) in [5.41, 5.74) is 4.14. The van der Waals surface area contributed by atoms with Gasteiger partial charge in [-0.2, -0.15) is 0 Å². The Bertz CT molecular complexity index is 1070. The number of carbonyl (C=O) groups is 2. The van der Waals surface area contributed by atoms with E-state index in [2.05, 4.69) is 46.5 Å². The SMILES string of the molecule is Cc1ccc(-n2c(SCC(=O)N3CCNC3=O)nnc2-c2ccncc2)cc1C. The van der Waals surface area contributed by atoms with Crippen LogP contribution in [0.2, 0.25) is 0 Å². The van der Waals surface area contributed by atoms with E-state index in [4.69, 9.17) is 0 Å². The Morgan fingerprint density at radius 3 is 2.62 bits per heavy atom. The van der Waals surface area contributed by atoms with Crippen molar-refractivity contribution in [2.45, 2.75) is 19.0 Å². The molecule has 0 saturated carbocycles. The number of urea groups is 1. The number of rotatable bonds is 5. The Hall–Kier alpha value is -3.20. The molecule has 0 bridgehead atoms. The molecule has 29 heavy (non-hydrogen) atoms. The van der Waals surface area contributed by atoms with E-state index in [1.807, 2.05) is 22.8 Å². The number of aromatic nitrogens is 4. The van der Waals surface area contributed by atoms with Crippen molar-refractivity contribution in [3.8, 4) is 17.1 Å². The van der Waals surface area contributed by atoms with Gasteiger partial charge >= 0.3 is 6.03 Å². The van der Waals surface area contributed by atoms with Crippen molar-refractivity contribution >= 4 is 23.7 Å². The third kappa shape index (κ3) is 3.86. The second-order valence-corrected chi connectivity index (χ2v) is 7.65. The van der Waals surface area contributed by atoms with Crippen molar-refractivity contribution in [3.05, 3.63) is 53.9 Å². The Labute approximate surface area is 172 Å². The smallest absolute Gasteiger partial charge is 0.324 e. The van der Waals surface area contributed by atoms with Gasteiger partial charge in [-0.1, -0.05) is 17.8 Å². The van der Waals surface area contributed by atoms with Crippen LogP contribution in [-0.4, -0.2) is 55.4 Å². The first-order valence-corrected chi connectivity index (χ1v) is 10.2. The van der Waals surface area contributed by atoms with Gasteiger partial charge in [0.2, 0.25) is 5.91 Å².